The number of amides is 2. The van der Waals surface area contributed by atoms with Gasteiger partial charge in [-0.3, -0.25) is 0 Å². The Morgan fingerprint density at radius 1 is 1.20 bits per heavy atom. The first kappa shape index (κ1) is 19.0. The van der Waals surface area contributed by atoms with E-state index in [4.69, 9.17) is 28.7 Å². The van der Waals surface area contributed by atoms with E-state index in [9.17, 15) is 18.0 Å². The molecule has 0 aliphatic heterocycles. The minimum Gasteiger partial charge on any atom is -0.334 e. The molecular weight excluding hydrogens is 380 g/mol. The molecule has 0 aliphatic rings. The van der Waals surface area contributed by atoms with E-state index in [1.54, 1.807) is 24.3 Å². The molecule has 0 radical (unpaired) electrons. The lowest BCUT2D eigenvalue weighted by molar-refractivity contribution is -0.137. The number of carbonyl (C=O) groups is 1. The normalized spacial score (nSPS) is 11.1. The van der Waals surface area contributed by atoms with E-state index in [-0.39, 0.29) is 17.9 Å². The molecule has 0 saturated heterocycles. The van der Waals surface area contributed by atoms with Gasteiger partial charge in [0.05, 0.1) is 16.3 Å². The maximum Gasteiger partial charge on any atom is 0.416 e. The molecule has 0 fully saturated rings. The van der Waals surface area contributed by atoms with Crippen LogP contribution >= 0.6 is 23.2 Å². The first-order valence-corrected chi connectivity index (χ1v) is 7.54. The van der Waals surface area contributed by atoms with Crippen LogP contribution in [0.25, 0.3) is 0 Å². The van der Waals surface area contributed by atoms with E-state index in [0.29, 0.717) is 22.7 Å². The van der Waals surface area contributed by atoms with Gasteiger partial charge >= 0.3 is 12.2 Å². The maximum atomic E-state index is 12.9. The third kappa shape index (κ3) is 5.07. The van der Waals surface area contributed by atoms with E-state index < -0.39 is 22.8 Å². The van der Waals surface area contributed by atoms with Gasteiger partial charge in [0.15, 0.2) is 0 Å². The molecule has 5 nitrogen and oxygen atoms in total. The number of hydrogen-bond acceptors (Lipinski definition) is 3. The Morgan fingerprint density at radius 3 is 2.52 bits per heavy atom. The first-order valence-electron chi connectivity index (χ1n) is 6.78. The molecule has 0 bridgehead atoms. The topological polar surface area (TPSA) is 77.3 Å². The average molecular weight is 391 g/mol. The molecule has 132 valence electrons. The molecule has 0 atom stereocenters. The summed E-state index contributed by atoms with van der Waals surface area (Å²) in [7, 11) is 0. The molecule has 0 aromatic heterocycles. The number of nitrogens with one attached hydrogen (secondary N) is 3. The Morgan fingerprint density at radius 2 is 1.92 bits per heavy atom. The smallest absolute Gasteiger partial charge is 0.334 e. The van der Waals surface area contributed by atoms with E-state index in [0.717, 1.165) is 0 Å². The van der Waals surface area contributed by atoms with Crippen molar-refractivity contribution in [3.63, 3.8) is 0 Å². The summed E-state index contributed by atoms with van der Waals surface area (Å²) in [5.41, 5.74) is 6.08. The fourth-order valence-corrected chi connectivity index (χ4v) is 2.44. The van der Waals surface area contributed by atoms with Crippen LogP contribution in [0.4, 0.5) is 29.3 Å². The molecule has 0 aliphatic carbocycles. The van der Waals surface area contributed by atoms with Crippen molar-refractivity contribution < 1.29 is 18.0 Å². The van der Waals surface area contributed by atoms with Gasteiger partial charge in [-0.05, 0) is 29.8 Å². The Labute approximate surface area is 150 Å². The average Bonchev–Trinajstić information content (AvgIpc) is 2.52. The molecule has 2 rings (SSSR count). The van der Waals surface area contributed by atoms with Gasteiger partial charge in [-0.1, -0.05) is 35.3 Å². The van der Waals surface area contributed by atoms with Crippen LogP contribution in [0.15, 0.2) is 41.5 Å². The van der Waals surface area contributed by atoms with Gasteiger partial charge in [-0.25, -0.2) is 10.3 Å². The third-order valence-electron chi connectivity index (χ3n) is 3.09. The quantitative estimate of drug-likeness (QED) is 0.550. The van der Waals surface area contributed by atoms with Gasteiger partial charge in [-0.15, -0.1) is 0 Å². The Hall–Kier alpha value is -2.32. The van der Waals surface area contributed by atoms with Crippen LogP contribution in [-0.2, 0) is 12.7 Å². The zero-order chi connectivity index (χ0) is 18.6. The number of rotatable bonds is 4. The highest BCUT2D eigenvalue weighted by Gasteiger charge is 2.32. The minimum atomic E-state index is -4.65. The van der Waals surface area contributed by atoms with E-state index in [1.807, 2.05) is 0 Å². The summed E-state index contributed by atoms with van der Waals surface area (Å²) in [6, 6.07) is 7.24. The molecule has 3 N–H and O–H groups in total. The number of nitrogens with zero attached hydrogens (tertiary/aromatic N) is 1. The second kappa shape index (κ2) is 7.71. The summed E-state index contributed by atoms with van der Waals surface area (Å²) in [4.78, 5) is 11.9. The van der Waals surface area contributed by atoms with Gasteiger partial charge in [-0.2, -0.15) is 18.3 Å². The van der Waals surface area contributed by atoms with Crippen molar-refractivity contribution in [2.75, 3.05) is 5.32 Å². The predicted octanol–water partition coefficient (Wildman–Crippen LogP) is 6.00. The number of anilines is 1. The summed E-state index contributed by atoms with van der Waals surface area (Å²) in [6.07, 6.45) is -4.65. The summed E-state index contributed by atoms with van der Waals surface area (Å²) < 4.78 is 38.6. The third-order valence-corrected chi connectivity index (χ3v) is 3.62. The SMILES string of the molecule is N=Nc1c(Cl)cc(C(F)(F)F)cc1NC(=O)NCc1cccc(Cl)c1. The molecule has 2 aromatic rings. The summed E-state index contributed by atoms with van der Waals surface area (Å²) in [6.45, 7) is 0.104. The standard InChI is InChI=1S/C15H11Cl2F3N4O/c16-10-3-1-2-8(4-10)7-22-14(25)23-12-6-9(15(18,19)20)5-11(17)13(12)24-21/h1-6,21H,7H2,(H2,22,23,25). The molecule has 0 unspecified atom stereocenters. The predicted molar refractivity (Wildman–Crippen MR) is 88.6 cm³/mol. The van der Waals surface area contributed by atoms with E-state index >= 15 is 0 Å². The van der Waals surface area contributed by atoms with Gasteiger partial charge < -0.3 is 10.6 Å². The highest BCUT2D eigenvalue weighted by molar-refractivity contribution is 6.34. The molecular formula is C15H11Cl2F3N4O. The Balaban J connectivity index is 2.16. The van der Waals surface area contributed by atoms with Crippen LogP contribution in [0.5, 0.6) is 0 Å². The number of urea groups is 1. The van der Waals surface area contributed by atoms with Crippen molar-refractivity contribution in [3.8, 4) is 0 Å². The second-order valence-corrected chi connectivity index (χ2v) is 5.75. The summed E-state index contributed by atoms with van der Waals surface area (Å²) >= 11 is 11.5. The maximum absolute atomic E-state index is 12.9. The molecule has 0 spiro atoms. The highest BCUT2D eigenvalue weighted by atomic mass is 35.5. The van der Waals surface area contributed by atoms with Crippen LogP contribution in [0.2, 0.25) is 10.0 Å². The minimum absolute atomic E-state index is 0.104. The van der Waals surface area contributed by atoms with E-state index in [1.165, 1.54) is 0 Å². The summed E-state index contributed by atoms with van der Waals surface area (Å²) in [5, 5.41) is 7.85. The van der Waals surface area contributed by atoms with E-state index in [2.05, 4.69) is 15.7 Å². The van der Waals surface area contributed by atoms with Crippen molar-refractivity contribution in [1.29, 1.82) is 5.53 Å². The molecule has 0 saturated carbocycles. The lowest BCUT2D eigenvalue weighted by atomic mass is 10.1. The first-order chi connectivity index (χ1) is 11.7. The lowest BCUT2D eigenvalue weighted by Gasteiger charge is -2.14. The molecule has 25 heavy (non-hydrogen) atoms. The van der Waals surface area contributed by atoms with Crippen LogP contribution in [0.3, 0.4) is 0 Å². The van der Waals surface area contributed by atoms with Gasteiger partial charge in [0, 0.05) is 11.6 Å². The monoisotopic (exact) mass is 390 g/mol. The fraction of sp³-hybridized carbons (Fsp3) is 0.133. The molecule has 2 amide bonds. The highest BCUT2D eigenvalue weighted by Crippen LogP contribution is 2.40. The van der Waals surface area contributed by atoms with Gasteiger partial charge in [0.2, 0.25) is 0 Å². The van der Waals surface area contributed by atoms with Crippen molar-refractivity contribution in [1.82, 2.24) is 5.32 Å². The molecule has 0 heterocycles. The number of carbonyl (C=O) groups excluding carboxylic acids is 1. The number of halogens is 5. The number of alkyl halides is 3. The van der Waals surface area contributed by atoms with Crippen molar-refractivity contribution in [2.45, 2.75) is 12.7 Å². The zero-order valence-corrected chi connectivity index (χ0v) is 13.9. The molecule has 2 aromatic carbocycles. The van der Waals surface area contributed by atoms with Crippen molar-refractivity contribution >= 4 is 40.6 Å². The van der Waals surface area contributed by atoms with Crippen LogP contribution < -0.4 is 10.6 Å². The van der Waals surface area contributed by atoms with Crippen LogP contribution in [0, 0.1) is 5.53 Å². The summed E-state index contributed by atoms with van der Waals surface area (Å²) in [5.74, 6) is 0. The zero-order valence-electron chi connectivity index (χ0n) is 12.4. The van der Waals surface area contributed by atoms with Crippen LogP contribution in [0.1, 0.15) is 11.1 Å². The largest absolute Gasteiger partial charge is 0.416 e. The lowest BCUT2D eigenvalue weighted by Crippen LogP contribution is -2.28. The second-order valence-electron chi connectivity index (χ2n) is 4.90. The molecule has 10 heteroatoms. The Bertz CT molecular complexity index is 812. The Kier molecular flexibility index (Phi) is 5.86. The fourth-order valence-electron chi connectivity index (χ4n) is 1.97. The van der Waals surface area contributed by atoms with Crippen LogP contribution in [-0.4, -0.2) is 6.03 Å². The number of hydrogen-bond donors (Lipinski definition) is 3. The number of benzene rings is 2. The van der Waals surface area contributed by atoms with Crippen molar-refractivity contribution in [3.05, 3.63) is 57.6 Å². The van der Waals surface area contributed by atoms with Gasteiger partial charge in [0.1, 0.15) is 5.69 Å². The van der Waals surface area contributed by atoms with Gasteiger partial charge in [0.25, 0.3) is 0 Å². The van der Waals surface area contributed by atoms with Crippen molar-refractivity contribution in [2.24, 2.45) is 5.11 Å².